The van der Waals surface area contributed by atoms with E-state index >= 15 is 0 Å². The molecule has 1 atom stereocenters. The highest BCUT2D eigenvalue weighted by atomic mass is 32.1. The molecule has 0 aliphatic heterocycles. The third-order valence-corrected chi connectivity index (χ3v) is 5.83. The van der Waals surface area contributed by atoms with Crippen molar-refractivity contribution in [1.29, 1.82) is 0 Å². The molecular formula is C21H30N4O3S. The Morgan fingerprint density at radius 2 is 2.03 bits per heavy atom. The second-order valence-electron chi connectivity index (χ2n) is 8.17. The Kier molecular flexibility index (Phi) is 7.41. The summed E-state index contributed by atoms with van der Waals surface area (Å²) in [6.07, 6.45) is 6.18. The van der Waals surface area contributed by atoms with Crippen LogP contribution in [0.4, 0.5) is 0 Å². The first-order valence-corrected chi connectivity index (χ1v) is 11.2. The fraction of sp³-hybridized carbons (Fsp3) is 0.619. The molecule has 2 amide bonds. The van der Waals surface area contributed by atoms with Gasteiger partial charge in [-0.3, -0.25) is 9.59 Å². The number of nitrogens with one attached hydrogen (secondary N) is 1. The molecule has 0 saturated heterocycles. The van der Waals surface area contributed by atoms with Gasteiger partial charge in [-0.25, -0.2) is 0 Å². The third kappa shape index (κ3) is 5.65. The van der Waals surface area contributed by atoms with Crippen molar-refractivity contribution < 1.29 is 14.0 Å². The van der Waals surface area contributed by atoms with Crippen LogP contribution in [0.3, 0.4) is 0 Å². The summed E-state index contributed by atoms with van der Waals surface area (Å²) in [5, 5.41) is 8.72. The molecule has 2 aromatic heterocycles. The second kappa shape index (κ2) is 10.0. The van der Waals surface area contributed by atoms with Crippen molar-refractivity contribution in [3.63, 3.8) is 0 Å². The van der Waals surface area contributed by atoms with Crippen LogP contribution in [0.5, 0.6) is 0 Å². The summed E-state index contributed by atoms with van der Waals surface area (Å²) in [4.78, 5) is 28.2. The molecule has 1 aliphatic rings. The first-order valence-electron chi connectivity index (χ1n) is 10.4. The van der Waals surface area contributed by atoms with Gasteiger partial charge in [-0.1, -0.05) is 37.6 Å². The molecule has 0 spiro atoms. The Balaban J connectivity index is 1.90. The Morgan fingerprint density at radius 3 is 2.62 bits per heavy atom. The SMILES string of the molecule is Cc1ccc([C@@H](C(=O)NC2CCCCC2)N(CCC(C)C)C(=O)c2csnn2)o1. The van der Waals surface area contributed by atoms with Gasteiger partial charge in [0, 0.05) is 18.0 Å². The lowest BCUT2D eigenvalue weighted by Crippen LogP contribution is -2.47. The normalized spacial score (nSPS) is 16.0. The Bertz CT molecular complexity index is 797. The predicted molar refractivity (Wildman–Crippen MR) is 112 cm³/mol. The van der Waals surface area contributed by atoms with Gasteiger partial charge in [0.15, 0.2) is 11.7 Å². The zero-order valence-corrected chi connectivity index (χ0v) is 18.2. The van der Waals surface area contributed by atoms with E-state index in [1.54, 1.807) is 16.3 Å². The van der Waals surface area contributed by atoms with E-state index in [0.29, 0.717) is 24.0 Å². The van der Waals surface area contributed by atoms with Crippen LogP contribution in [-0.2, 0) is 4.79 Å². The molecular weight excluding hydrogens is 388 g/mol. The number of carbonyl (C=O) groups excluding carboxylic acids is 2. The summed E-state index contributed by atoms with van der Waals surface area (Å²) >= 11 is 1.13. The van der Waals surface area contributed by atoms with Crippen molar-refractivity contribution in [2.75, 3.05) is 6.54 Å². The van der Waals surface area contributed by atoms with Gasteiger partial charge in [0.05, 0.1) is 0 Å². The van der Waals surface area contributed by atoms with Crippen LogP contribution >= 0.6 is 11.5 Å². The van der Waals surface area contributed by atoms with Crippen LogP contribution in [-0.4, -0.2) is 38.9 Å². The molecule has 2 heterocycles. The number of aromatic nitrogens is 2. The van der Waals surface area contributed by atoms with E-state index in [1.165, 1.54) is 6.42 Å². The summed E-state index contributed by atoms with van der Waals surface area (Å²) in [5.41, 5.74) is 0.262. The number of amides is 2. The van der Waals surface area contributed by atoms with Crippen molar-refractivity contribution in [3.05, 3.63) is 34.7 Å². The summed E-state index contributed by atoms with van der Waals surface area (Å²) < 4.78 is 9.64. The highest BCUT2D eigenvalue weighted by molar-refractivity contribution is 7.03. The minimum absolute atomic E-state index is 0.151. The fourth-order valence-electron chi connectivity index (χ4n) is 3.70. The average molecular weight is 419 g/mol. The van der Waals surface area contributed by atoms with Gasteiger partial charge < -0.3 is 14.6 Å². The molecule has 0 radical (unpaired) electrons. The van der Waals surface area contributed by atoms with Crippen LogP contribution in [0.15, 0.2) is 21.9 Å². The average Bonchev–Trinajstić information content (AvgIpc) is 3.37. The van der Waals surface area contributed by atoms with E-state index in [9.17, 15) is 9.59 Å². The van der Waals surface area contributed by atoms with Gasteiger partial charge in [0.1, 0.15) is 11.5 Å². The zero-order valence-electron chi connectivity index (χ0n) is 17.4. The number of furan rings is 1. The first kappa shape index (κ1) is 21.5. The third-order valence-electron chi connectivity index (χ3n) is 5.33. The lowest BCUT2D eigenvalue weighted by atomic mass is 9.95. The molecule has 29 heavy (non-hydrogen) atoms. The van der Waals surface area contributed by atoms with Crippen LogP contribution in [0.1, 0.15) is 80.4 Å². The Morgan fingerprint density at radius 1 is 1.28 bits per heavy atom. The van der Waals surface area contributed by atoms with Crippen molar-refractivity contribution in [2.24, 2.45) is 5.92 Å². The van der Waals surface area contributed by atoms with Gasteiger partial charge in [-0.15, -0.1) is 5.10 Å². The smallest absolute Gasteiger partial charge is 0.276 e. The van der Waals surface area contributed by atoms with Gasteiger partial charge >= 0.3 is 0 Å². The number of aryl methyl sites for hydroxylation is 1. The highest BCUT2D eigenvalue weighted by Gasteiger charge is 2.36. The largest absolute Gasteiger partial charge is 0.464 e. The summed E-state index contributed by atoms with van der Waals surface area (Å²) in [5.74, 6) is 1.10. The molecule has 1 aliphatic carbocycles. The van der Waals surface area contributed by atoms with Crippen LogP contribution in [0, 0.1) is 12.8 Å². The molecule has 8 heteroatoms. The summed E-state index contributed by atoms with van der Waals surface area (Å²) in [6, 6.07) is 2.94. The molecule has 0 unspecified atom stereocenters. The minimum atomic E-state index is -0.821. The molecule has 0 bridgehead atoms. The number of hydrogen-bond donors (Lipinski definition) is 1. The van der Waals surface area contributed by atoms with Gasteiger partial charge in [-0.05, 0) is 55.8 Å². The van der Waals surface area contributed by atoms with Crippen molar-refractivity contribution >= 4 is 23.3 Å². The van der Waals surface area contributed by atoms with Gasteiger partial charge in [-0.2, -0.15) is 0 Å². The minimum Gasteiger partial charge on any atom is -0.464 e. The molecule has 0 aromatic carbocycles. The number of rotatable bonds is 8. The van der Waals surface area contributed by atoms with E-state index < -0.39 is 6.04 Å². The quantitative estimate of drug-likeness (QED) is 0.697. The molecule has 1 N–H and O–H groups in total. The van der Waals surface area contributed by atoms with E-state index in [0.717, 1.165) is 43.6 Å². The number of hydrogen-bond acceptors (Lipinski definition) is 6. The first-order chi connectivity index (χ1) is 14.0. The lowest BCUT2D eigenvalue weighted by Gasteiger charge is -2.32. The van der Waals surface area contributed by atoms with E-state index in [-0.39, 0.29) is 23.6 Å². The fourth-order valence-corrected chi connectivity index (χ4v) is 4.13. The molecule has 158 valence electrons. The molecule has 1 fully saturated rings. The number of carbonyl (C=O) groups is 2. The van der Waals surface area contributed by atoms with Crippen molar-refractivity contribution in [2.45, 2.75) is 71.4 Å². The second-order valence-corrected chi connectivity index (χ2v) is 8.78. The monoisotopic (exact) mass is 418 g/mol. The maximum atomic E-state index is 13.4. The van der Waals surface area contributed by atoms with Crippen molar-refractivity contribution in [1.82, 2.24) is 19.8 Å². The van der Waals surface area contributed by atoms with Crippen LogP contribution in [0.2, 0.25) is 0 Å². The Hall–Kier alpha value is -2.22. The molecule has 3 rings (SSSR count). The van der Waals surface area contributed by atoms with E-state index in [2.05, 4.69) is 28.8 Å². The summed E-state index contributed by atoms with van der Waals surface area (Å²) in [6.45, 7) is 6.48. The van der Waals surface area contributed by atoms with Crippen molar-refractivity contribution in [3.8, 4) is 0 Å². The predicted octanol–water partition coefficient (Wildman–Crippen LogP) is 4.12. The molecule has 7 nitrogen and oxygen atoms in total. The topological polar surface area (TPSA) is 88.3 Å². The highest BCUT2D eigenvalue weighted by Crippen LogP contribution is 2.27. The van der Waals surface area contributed by atoms with E-state index in [4.69, 9.17) is 4.42 Å². The van der Waals surface area contributed by atoms with Gasteiger partial charge in [0.25, 0.3) is 11.8 Å². The Labute approximate surface area is 176 Å². The molecule has 1 saturated carbocycles. The maximum Gasteiger partial charge on any atom is 0.276 e. The lowest BCUT2D eigenvalue weighted by molar-refractivity contribution is -0.127. The molecule has 2 aromatic rings. The van der Waals surface area contributed by atoms with Crippen LogP contribution in [0.25, 0.3) is 0 Å². The van der Waals surface area contributed by atoms with Gasteiger partial charge in [0.2, 0.25) is 0 Å². The standard InChI is InChI=1S/C21H30N4O3S/c1-14(2)11-12-25(21(27)17-13-29-24-23-17)19(18-10-9-15(3)28-18)20(26)22-16-7-5-4-6-8-16/h9-10,13-14,16,19H,4-8,11-12H2,1-3H3,(H,22,26)/t19-/m0/s1. The number of nitrogens with zero attached hydrogens (tertiary/aromatic N) is 3. The maximum absolute atomic E-state index is 13.4. The summed E-state index contributed by atoms with van der Waals surface area (Å²) in [7, 11) is 0. The zero-order chi connectivity index (χ0) is 20.8. The van der Waals surface area contributed by atoms with E-state index in [1.807, 2.05) is 13.0 Å². The van der Waals surface area contributed by atoms with Crippen LogP contribution < -0.4 is 5.32 Å².